The first-order valence-corrected chi connectivity index (χ1v) is 9.03. The molecule has 1 saturated heterocycles. The van der Waals surface area contributed by atoms with Crippen molar-refractivity contribution in [1.82, 2.24) is 15.5 Å². The van der Waals surface area contributed by atoms with Crippen molar-refractivity contribution in [3.63, 3.8) is 0 Å². The fraction of sp³-hybridized carbons (Fsp3) is 0.500. The van der Waals surface area contributed by atoms with E-state index < -0.39 is 11.6 Å². The molecule has 134 valence electrons. The number of carbonyl (C=O) groups is 3. The first-order valence-electron chi connectivity index (χ1n) is 8.65. The van der Waals surface area contributed by atoms with E-state index in [0.29, 0.717) is 30.8 Å². The minimum Gasteiger partial charge on any atom is -0.354 e. The van der Waals surface area contributed by atoms with E-state index in [2.05, 4.69) is 10.6 Å². The maximum atomic E-state index is 12.6. The molecule has 0 radical (unpaired) electrons. The molecule has 0 aromatic heterocycles. The Morgan fingerprint density at radius 2 is 1.84 bits per heavy atom. The van der Waals surface area contributed by atoms with Crippen molar-refractivity contribution in [3.05, 3.63) is 34.9 Å². The van der Waals surface area contributed by atoms with Crippen LogP contribution in [-0.2, 0) is 16.0 Å². The van der Waals surface area contributed by atoms with E-state index in [0.717, 1.165) is 29.7 Å². The zero-order chi connectivity index (χ0) is 17.9. The van der Waals surface area contributed by atoms with Crippen LogP contribution in [0.1, 0.15) is 37.7 Å². The third kappa shape index (κ3) is 3.95. The van der Waals surface area contributed by atoms with Crippen molar-refractivity contribution in [2.75, 3.05) is 13.1 Å². The molecule has 1 saturated carbocycles. The van der Waals surface area contributed by atoms with E-state index in [1.807, 2.05) is 12.1 Å². The summed E-state index contributed by atoms with van der Waals surface area (Å²) < 4.78 is 0. The van der Waals surface area contributed by atoms with E-state index in [1.165, 1.54) is 0 Å². The second-order valence-electron chi connectivity index (χ2n) is 6.69. The Balaban J connectivity index is 1.49. The van der Waals surface area contributed by atoms with Crippen LogP contribution >= 0.6 is 11.6 Å². The lowest BCUT2D eigenvalue weighted by atomic mass is 9.82. The molecule has 4 amide bonds. The summed E-state index contributed by atoms with van der Waals surface area (Å²) in [4.78, 5) is 37.9. The van der Waals surface area contributed by atoms with E-state index in [9.17, 15) is 14.4 Å². The van der Waals surface area contributed by atoms with Crippen molar-refractivity contribution < 1.29 is 14.4 Å². The maximum Gasteiger partial charge on any atom is 0.325 e. The average molecular weight is 364 g/mol. The van der Waals surface area contributed by atoms with Crippen LogP contribution in [-0.4, -0.2) is 41.4 Å². The van der Waals surface area contributed by atoms with Gasteiger partial charge in [0.1, 0.15) is 12.1 Å². The Hall–Kier alpha value is -2.08. The van der Waals surface area contributed by atoms with Gasteiger partial charge in [0, 0.05) is 11.6 Å². The van der Waals surface area contributed by atoms with Gasteiger partial charge in [-0.1, -0.05) is 43.0 Å². The Morgan fingerprint density at radius 3 is 2.52 bits per heavy atom. The zero-order valence-corrected chi connectivity index (χ0v) is 14.8. The molecular weight excluding hydrogens is 342 g/mol. The van der Waals surface area contributed by atoms with E-state index in [-0.39, 0.29) is 18.4 Å². The summed E-state index contributed by atoms with van der Waals surface area (Å²) in [6.07, 6.45) is 4.90. The predicted octanol–water partition coefficient (Wildman–Crippen LogP) is 2.25. The fourth-order valence-electron chi connectivity index (χ4n) is 3.51. The van der Waals surface area contributed by atoms with Gasteiger partial charge in [0.05, 0.1) is 0 Å². The van der Waals surface area contributed by atoms with Gasteiger partial charge in [0.15, 0.2) is 0 Å². The lowest BCUT2D eigenvalue weighted by molar-refractivity contribution is -0.135. The molecule has 0 bridgehead atoms. The van der Waals surface area contributed by atoms with Crippen LogP contribution in [0.25, 0.3) is 0 Å². The molecule has 0 unspecified atom stereocenters. The second kappa shape index (κ2) is 7.44. The van der Waals surface area contributed by atoms with Gasteiger partial charge in [-0.15, -0.1) is 0 Å². The number of nitrogens with zero attached hydrogens (tertiary/aromatic N) is 1. The van der Waals surface area contributed by atoms with Crippen LogP contribution in [0.3, 0.4) is 0 Å². The topological polar surface area (TPSA) is 78.5 Å². The van der Waals surface area contributed by atoms with Crippen LogP contribution in [0.4, 0.5) is 4.79 Å². The van der Waals surface area contributed by atoms with Gasteiger partial charge in [0.2, 0.25) is 5.91 Å². The number of hydrogen-bond acceptors (Lipinski definition) is 3. The number of imide groups is 1. The number of halogens is 1. The second-order valence-corrected chi connectivity index (χ2v) is 7.13. The molecule has 1 spiro atoms. The van der Waals surface area contributed by atoms with E-state index in [1.54, 1.807) is 12.1 Å². The van der Waals surface area contributed by atoms with E-state index in [4.69, 9.17) is 11.6 Å². The molecule has 2 aliphatic rings. The maximum absolute atomic E-state index is 12.6. The third-order valence-corrected chi connectivity index (χ3v) is 5.16. The number of amides is 4. The predicted molar refractivity (Wildman–Crippen MR) is 94.2 cm³/mol. The molecule has 1 aromatic carbocycles. The van der Waals surface area contributed by atoms with Gasteiger partial charge < -0.3 is 10.6 Å². The standard InChI is InChI=1S/C18H22ClN3O3/c19-14-6-4-13(5-7-14)8-11-20-15(23)12-22-16(24)18(21-17(22)25)9-2-1-3-10-18/h4-7H,1-3,8-12H2,(H,20,23)(H,21,25). The molecule has 0 atom stereocenters. The number of urea groups is 1. The highest BCUT2D eigenvalue weighted by Gasteiger charge is 2.51. The summed E-state index contributed by atoms with van der Waals surface area (Å²) in [6.45, 7) is 0.211. The molecule has 1 heterocycles. The Kier molecular flexibility index (Phi) is 5.27. The van der Waals surface area contributed by atoms with E-state index >= 15 is 0 Å². The monoisotopic (exact) mass is 363 g/mol. The lowest BCUT2D eigenvalue weighted by Crippen LogP contribution is -2.49. The van der Waals surface area contributed by atoms with Gasteiger partial charge in [-0.3, -0.25) is 14.5 Å². The number of nitrogens with one attached hydrogen (secondary N) is 2. The Morgan fingerprint density at radius 1 is 1.16 bits per heavy atom. The molecule has 1 aliphatic carbocycles. The highest BCUT2D eigenvalue weighted by Crippen LogP contribution is 2.33. The molecular formula is C18H22ClN3O3. The van der Waals surface area contributed by atoms with Gasteiger partial charge in [0.25, 0.3) is 5.91 Å². The van der Waals surface area contributed by atoms with Crippen molar-refractivity contribution in [1.29, 1.82) is 0 Å². The SMILES string of the molecule is O=C(CN1C(=O)NC2(CCCCC2)C1=O)NCCc1ccc(Cl)cc1. The summed E-state index contributed by atoms with van der Waals surface area (Å²) >= 11 is 5.84. The van der Waals surface area contributed by atoms with Crippen LogP contribution in [0.2, 0.25) is 5.02 Å². The largest absolute Gasteiger partial charge is 0.354 e. The highest BCUT2D eigenvalue weighted by molar-refractivity contribution is 6.30. The number of benzene rings is 1. The Labute approximate surface area is 151 Å². The average Bonchev–Trinajstić information content (AvgIpc) is 2.81. The molecule has 2 fully saturated rings. The molecule has 7 heteroatoms. The molecule has 1 aliphatic heterocycles. The van der Waals surface area contributed by atoms with Crippen molar-refractivity contribution in [2.24, 2.45) is 0 Å². The van der Waals surface area contributed by atoms with Crippen molar-refractivity contribution >= 4 is 29.4 Å². The van der Waals surface area contributed by atoms with Crippen LogP contribution in [0, 0.1) is 0 Å². The van der Waals surface area contributed by atoms with Gasteiger partial charge in [-0.05, 0) is 37.0 Å². The summed E-state index contributed by atoms with van der Waals surface area (Å²) in [5, 5.41) is 6.24. The molecule has 3 rings (SSSR count). The number of carbonyl (C=O) groups excluding carboxylic acids is 3. The summed E-state index contributed by atoms with van der Waals surface area (Å²) in [5.74, 6) is -0.588. The quantitative estimate of drug-likeness (QED) is 0.787. The summed E-state index contributed by atoms with van der Waals surface area (Å²) in [7, 11) is 0. The number of rotatable bonds is 5. The molecule has 1 aromatic rings. The summed E-state index contributed by atoms with van der Waals surface area (Å²) in [6, 6.07) is 6.95. The minimum absolute atomic E-state index is 0.229. The van der Waals surface area contributed by atoms with Crippen LogP contribution < -0.4 is 10.6 Å². The van der Waals surface area contributed by atoms with Crippen LogP contribution in [0.15, 0.2) is 24.3 Å². The normalized spacial score (nSPS) is 19.2. The smallest absolute Gasteiger partial charge is 0.325 e. The van der Waals surface area contributed by atoms with Gasteiger partial charge >= 0.3 is 6.03 Å². The fourth-order valence-corrected chi connectivity index (χ4v) is 3.64. The lowest BCUT2D eigenvalue weighted by Gasteiger charge is -2.30. The molecule has 25 heavy (non-hydrogen) atoms. The third-order valence-electron chi connectivity index (χ3n) is 4.90. The Bertz CT molecular complexity index is 669. The van der Waals surface area contributed by atoms with Gasteiger partial charge in [-0.2, -0.15) is 0 Å². The first-order chi connectivity index (χ1) is 12.0. The van der Waals surface area contributed by atoms with Crippen LogP contribution in [0.5, 0.6) is 0 Å². The molecule has 2 N–H and O–H groups in total. The first kappa shape index (κ1) is 17.7. The van der Waals surface area contributed by atoms with Crippen molar-refractivity contribution in [2.45, 2.75) is 44.1 Å². The zero-order valence-electron chi connectivity index (χ0n) is 14.0. The van der Waals surface area contributed by atoms with Gasteiger partial charge in [-0.25, -0.2) is 4.79 Å². The number of hydrogen-bond donors (Lipinski definition) is 2. The highest BCUT2D eigenvalue weighted by atomic mass is 35.5. The minimum atomic E-state index is -0.779. The molecule has 6 nitrogen and oxygen atoms in total. The summed E-state index contributed by atoms with van der Waals surface area (Å²) in [5.41, 5.74) is 0.277. The van der Waals surface area contributed by atoms with Crippen molar-refractivity contribution in [3.8, 4) is 0 Å².